The van der Waals surface area contributed by atoms with Crippen molar-refractivity contribution in [1.82, 2.24) is 9.78 Å². The zero-order valence-corrected chi connectivity index (χ0v) is 15.5. The van der Waals surface area contributed by atoms with E-state index < -0.39 is 4.92 Å². The fraction of sp³-hybridized carbons (Fsp3) is 0.438. The van der Waals surface area contributed by atoms with E-state index in [1.807, 2.05) is 24.7 Å². The Morgan fingerprint density at radius 3 is 2.52 bits per heavy atom. The van der Waals surface area contributed by atoms with Crippen LogP contribution in [0.4, 0.5) is 11.4 Å². The SMILES string of the molecule is Cc1nn(C(C)(C)C)cc1C(C)Nc1ccc([N+](=O)[O-])cc1Br. The van der Waals surface area contributed by atoms with Gasteiger partial charge in [0.05, 0.1) is 22.2 Å². The molecular weight excluding hydrogens is 360 g/mol. The Labute approximate surface area is 144 Å². The summed E-state index contributed by atoms with van der Waals surface area (Å²) in [5.41, 5.74) is 2.87. The zero-order valence-electron chi connectivity index (χ0n) is 13.9. The lowest BCUT2D eigenvalue weighted by molar-refractivity contribution is -0.384. The van der Waals surface area contributed by atoms with E-state index in [1.165, 1.54) is 12.1 Å². The van der Waals surface area contributed by atoms with Crippen molar-refractivity contribution >= 4 is 27.3 Å². The van der Waals surface area contributed by atoms with E-state index in [1.54, 1.807) is 6.07 Å². The maximum absolute atomic E-state index is 10.8. The van der Waals surface area contributed by atoms with Gasteiger partial charge in [-0.05, 0) is 56.6 Å². The average Bonchev–Trinajstić information content (AvgIpc) is 2.83. The predicted molar refractivity (Wildman–Crippen MR) is 94.8 cm³/mol. The van der Waals surface area contributed by atoms with Gasteiger partial charge in [0, 0.05) is 34.1 Å². The summed E-state index contributed by atoms with van der Waals surface area (Å²) < 4.78 is 2.63. The third kappa shape index (κ3) is 3.90. The molecule has 124 valence electrons. The zero-order chi connectivity index (χ0) is 17.4. The highest BCUT2D eigenvalue weighted by atomic mass is 79.9. The lowest BCUT2D eigenvalue weighted by atomic mass is 10.1. The number of halogens is 1. The molecule has 0 amide bonds. The molecule has 0 radical (unpaired) electrons. The van der Waals surface area contributed by atoms with Gasteiger partial charge in [0.25, 0.3) is 5.69 Å². The number of benzene rings is 1. The normalized spacial score (nSPS) is 13.0. The monoisotopic (exact) mass is 380 g/mol. The van der Waals surface area contributed by atoms with Crippen molar-refractivity contribution in [1.29, 1.82) is 0 Å². The number of aromatic nitrogens is 2. The minimum Gasteiger partial charge on any atom is -0.377 e. The van der Waals surface area contributed by atoms with Gasteiger partial charge in [0.15, 0.2) is 0 Å². The van der Waals surface area contributed by atoms with Crippen molar-refractivity contribution in [2.45, 2.75) is 46.2 Å². The van der Waals surface area contributed by atoms with E-state index in [9.17, 15) is 10.1 Å². The van der Waals surface area contributed by atoms with Crippen molar-refractivity contribution in [2.75, 3.05) is 5.32 Å². The van der Waals surface area contributed by atoms with Gasteiger partial charge in [0.2, 0.25) is 0 Å². The Kier molecular flexibility index (Phi) is 4.79. The average molecular weight is 381 g/mol. The second-order valence-electron chi connectivity index (χ2n) is 6.57. The summed E-state index contributed by atoms with van der Waals surface area (Å²) >= 11 is 3.38. The number of anilines is 1. The number of nitro benzene ring substituents is 1. The van der Waals surface area contributed by atoms with Gasteiger partial charge >= 0.3 is 0 Å². The molecule has 1 heterocycles. The quantitative estimate of drug-likeness (QED) is 0.611. The number of non-ortho nitro benzene ring substituents is 1. The molecule has 2 aromatic rings. The van der Waals surface area contributed by atoms with Gasteiger partial charge in [-0.3, -0.25) is 14.8 Å². The van der Waals surface area contributed by atoms with Crippen LogP contribution in [-0.2, 0) is 5.54 Å². The topological polar surface area (TPSA) is 73.0 Å². The number of nitrogens with zero attached hydrogens (tertiary/aromatic N) is 3. The van der Waals surface area contributed by atoms with Crippen LogP contribution >= 0.6 is 15.9 Å². The molecular formula is C16H21BrN4O2. The van der Waals surface area contributed by atoms with Crippen LogP contribution in [0.15, 0.2) is 28.9 Å². The minimum atomic E-state index is -0.407. The standard InChI is InChI=1S/C16H21BrN4O2/c1-10(13-9-20(16(3,4)5)19-11(13)2)18-15-7-6-12(21(22)23)8-14(15)17/h6-10,18H,1-5H3. The lowest BCUT2D eigenvalue weighted by Crippen LogP contribution is -2.22. The third-order valence-electron chi connectivity index (χ3n) is 3.63. The third-order valence-corrected chi connectivity index (χ3v) is 4.28. The van der Waals surface area contributed by atoms with Crippen LogP contribution in [0.3, 0.4) is 0 Å². The van der Waals surface area contributed by atoms with E-state index in [2.05, 4.69) is 47.1 Å². The van der Waals surface area contributed by atoms with Crippen LogP contribution in [0.5, 0.6) is 0 Å². The summed E-state index contributed by atoms with van der Waals surface area (Å²) in [4.78, 5) is 10.4. The summed E-state index contributed by atoms with van der Waals surface area (Å²) in [5.74, 6) is 0. The molecule has 1 unspecified atom stereocenters. The highest BCUT2D eigenvalue weighted by molar-refractivity contribution is 9.10. The van der Waals surface area contributed by atoms with Gasteiger partial charge in [-0.1, -0.05) is 0 Å². The van der Waals surface area contributed by atoms with E-state index in [0.717, 1.165) is 16.9 Å². The van der Waals surface area contributed by atoms with Crippen molar-refractivity contribution in [3.05, 3.63) is 50.2 Å². The predicted octanol–water partition coefficient (Wildman–Crippen LogP) is 4.79. The molecule has 6 nitrogen and oxygen atoms in total. The Morgan fingerprint density at radius 1 is 1.39 bits per heavy atom. The molecule has 0 aliphatic carbocycles. The van der Waals surface area contributed by atoms with Gasteiger partial charge in [0.1, 0.15) is 0 Å². The van der Waals surface area contributed by atoms with Crippen LogP contribution in [-0.4, -0.2) is 14.7 Å². The fourth-order valence-corrected chi connectivity index (χ4v) is 2.77. The molecule has 7 heteroatoms. The molecule has 0 aliphatic rings. The highest BCUT2D eigenvalue weighted by Crippen LogP contribution is 2.31. The van der Waals surface area contributed by atoms with Crippen LogP contribution in [0.1, 0.15) is 45.0 Å². The van der Waals surface area contributed by atoms with E-state index in [0.29, 0.717) is 4.47 Å². The number of aryl methyl sites for hydroxylation is 1. The van der Waals surface area contributed by atoms with Gasteiger partial charge in [-0.15, -0.1) is 0 Å². The number of hydrogen-bond acceptors (Lipinski definition) is 4. The molecule has 23 heavy (non-hydrogen) atoms. The van der Waals surface area contributed by atoms with Crippen LogP contribution < -0.4 is 5.32 Å². The first-order chi connectivity index (χ1) is 10.6. The van der Waals surface area contributed by atoms with E-state index in [-0.39, 0.29) is 17.3 Å². The summed E-state index contributed by atoms with van der Waals surface area (Å²) in [6.45, 7) is 10.3. The van der Waals surface area contributed by atoms with E-state index in [4.69, 9.17) is 0 Å². The second kappa shape index (κ2) is 6.31. The second-order valence-corrected chi connectivity index (χ2v) is 7.43. The minimum absolute atomic E-state index is 0.0313. The Balaban J connectivity index is 2.24. The summed E-state index contributed by atoms with van der Waals surface area (Å²) in [6.07, 6.45) is 2.05. The highest BCUT2D eigenvalue weighted by Gasteiger charge is 2.20. The number of nitro groups is 1. The molecule has 0 fully saturated rings. The van der Waals surface area contributed by atoms with Gasteiger partial charge in [-0.25, -0.2) is 0 Å². The summed E-state index contributed by atoms with van der Waals surface area (Å²) in [7, 11) is 0. The van der Waals surface area contributed by atoms with Crippen molar-refractivity contribution < 1.29 is 4.92 Å². The van der Waals surface area contributed by atoms with Gasteiger partial charge in [-0.2, -0.15) is 5.10 Å². The van der Waals surface area contributed by atoms with Gasteiger partial charge < -0.3 is 5.32 Å². The Morgan fingerprint density at radius 2 is 2.04 bits per heavy atom. The maximum atomic E-state index is 10.8. The van der Waals surface area contributed by atoms with Crippen molar-refractivity contribution in [3.8, 4) is 0 Å². The molecule has 0 bridgehead atoms. The molecule has 0 saturated heterocycles. The number of nitrogens with one attached hydrogen (secondary N) is 1. The molecule has 2 rings (SSSR count). The molecule has 1 aromatic heterocycles. The Bertz CT molecular complexity index is 734. The first-order valence-electron chi connectivity index (χ1n) is 7.36. The van der Waals surface area contributed by atoms with E-state index >= 15 is 0 Å². The summed E-state index contributed by atoms with van der Waals surface area (Å²) in [5, 5.41) is 18.8. The first-order valence-corrected chi connectivity index (χ1v) is 8.16. The first kappa shape index (κ1) is 17.5. The Hall–Kier alpha value is -1.89. The molecule has 0 aliphatic heterocycles. The molecule has 0 spiro atoms. The lowest BCUT2D eigenvalue weighted by Gasteiger charge is -2.19. The molecule has 1 aromatic carbocycles. The smallest absolute Gasteiger partial charge is 0.270 e. The van der Waals surface area contributed by atoms with Crippen LogP contribution in [0.2, 0.25) is 0 Å². The van der Waals surface area contributed by atoms with Crippen LogP contribution in [0.25, 0.3) is 0 Å². The fourth-order valence-electron chi connectivity index (χ4n) is 2.29. The largest absolute Gasteiger partial charge is 0.377 e. The maximum Gasteiger partial charge on any atom is 0.270 e. The molecule has 0 saturated carbocycles. The van der Waals surface area contributed by atoms with Crippen molar-refractivity contribution in [3.63, 3.8) is 0 Å². The van der Waals surface area contributed by atoms with Crippen LogP contribution in [0, 0.1) is 17.0 Å². The number of rotatable bonds is 4. The van der Waals surface area contributed by atoms with Crippen molar-refractivity contribution in [2.24, 2.45) is 0 Å². The molecule has 1 atom stereocenters. The number of hydrogen-bond donors (Lipinski definition) is 1. The summed E-state index contributed by atoms with van der Waals surface area (Å²) in [6, 6.07) is 4.73. The molecule has 1 N–H and O–H groups in total.